The second kappa shape index (κ2) is 2.21. The first-order valence-corrected chi connectivity index (χ1v) is 4.34. The molecule has 3 atom stereocenters. The number of fused-ring (bicyclic) bond motifs is 2. The summed E-state index contributed by atoms with van der Waals surface area (Å²) in [6.07, 6.45) is 3.75. The van der Waals surface area contributed by atoms with Crippen molar-refractivity contribution in [3.63, 3.8) is 0 Å². The molecule has 2 bridgehead atoms. The highest BCUT2D eigenvalue weighted by molar-refractivity contribution is 5.98. The molecule has 0 spiro atoms. The van der Waals surface area contributed by atoms with Crippen molar-refractivity contribution in [2.24, 2.45) is 5.92 Å². The summed E-state index contributed by atoms with van der Waals surface area (Å²) in [6.45, 7) is 3.61. The molecule has 2 aliphatic rings. The van der Waals surface area contributed by atoms with E-state index in [4.69, 9.17) is 10.00 Å². The Hall–Kier alpha value is -1.14. The van der Waals surface area contributed by atoms with Gasteiger partial charge in [0.25, 0.3) is 0 Å². The molecule has 0 aliphatic carbocycles. The monoisotopic (exact) mass is 177 g/mol. The standard InChI is InChI=1S/C10H11NO2/c1-9-4-3-8(12)10(2,13-9)5-7(9)6-11/h3-4,7H,5H2,1-2H3. The fraction of sp³-hybridized carbons (Fsp3) is 0.600. The fourth-order valence-electron chi connectivity index (χ4n) is 2.08. The Balaban J connectivity index is 2.47. The van der Waals surface area contributed by atoms with Crippen molar-refractivity contribution in [1.29, 1.82) is 5.26 Å². The van der Waals surface area contributed by atoms with Crippen molar-refractivity contribution in [1.82, 2.24) is 0 Å². The van der Waals surface area contributed by atoms with Crippen molar-refractivity contribution >= 4 is 5.78 Å². The molecule has 0 radical (unpaired) electrons. The van der Waals surface area contributed by atoms with Gasteiger partial charge in [0.05, 0.1) is 12.0 Å². The minimum Gasteiger partial charge on any atom is -0.355 e. The third-order valence-electron chi connectivity index (χ3n) is 2.97. The number of nitriles is 1. The van der Waals surface area contributed by atoms with E-state index in [1.54, 1.807) is 19.1 Å². The molecule has 3 heteroatoms. The fourth-order valence-corrected chi connectivity index (χ4v) is 2.08. The Kier molecular flexibility index (Phi) is 1.44. The molecule has 0 amide bonds. The zero-order chi connectivity index (χ0) is 9.69. The van der Waals surface area contributed by atoms with Crippen LogP contribution in [0.25, 0.3) is 0 Å². The maximum atomic E-state index is 11.5. The topological polar surface area (TPSA) is 50.1 Å². The van der Waals surface area contributed by atoms with Crippen LogP contribution in [0.4, 0.5) is 0 Å². The molecular weight excluding hydrogens is 166 g/mol. The summed E-state index contributed by atoms with van der Waals surface area (Å²) in [6, 6.07) is 2.19. The lowest BCUT2D eigenvalue weighted by atomic mass is 9.89. The Morgan fingerprint density at radius 2 is 2.38 bits per heavy atom. The minimum atomic E-state index is -0.760. The second-order valence-electron chi connectivity index (χ2n) is 4.10. The number of carbonyl (C=O) groups is 1. The molecule has 2 aliphatic heterocycles. The number of ketones is 1. The van der Waals surface area contributed by atoms with Crippen LogP contribution >= 0.6 is 0 Å². The Morgan fingerprint density at radius 1 is 1.69 bits per heavy atom. The molecule has 3 unspecified atom stereocenters. The van der Waals surface area contributed by atoms with E-state index >= 15 is 0 Å². The molecule has 0 aromatic rings. The first kappa shape index (κ1) is 8.46. The second-order valence-corrected chi connectivity index (χ2v) is 4.10. The van der Waals surface area contributed by atoms with Crippen molar-refractivity contribution in [3.05, 3.63) is 12.2 Å². The molecule has 2 heterocycles. The largest absolute Gasteiger partial charge is 0.355 e. The molecular formula is C10H11NO2. The van der Waals surface area contributed by atoms with Crippen molar-refractivity contribution in [2.75, 3.05) is 0 Å². The van der Waals surface area contributed by atoms with E-state index in [0.717, 1.165) is 0 Å². The minimum absolute atomic E-state index is 0.0253. The molecule has 2 rings (SSSR count). The van der Waals surface area contributed by atoms with Crippen molar-refractivity contribution in [3.8, 4) is 6.07 Å². The summed E-state index contributed by atoms with van der Waals surface area (Å²) in [5.41, 5.74) is -1.32. The summed E-state index contributed by atoms with van der Waals surface area (Å²) >= 11 is 0. The molecule has 0 aromatic heterocycles. The van der Waals surface area contributed by atoms with E-state index in [1.807, 2.05) is 6.92 Å². The van der Waals surface area contributed by atoms with Gasteiger partial charge in [0.15, 0.2) is 5.78 Å². The van der Waals surface area contributed by atoms with Crippen LogP contribution in [0.5, 0.6) is 0 Å². The highest BCUT2D eigenvalue weighted by atomic mass is 16.5. The maximum absolute atomic E-state index is 11.5. The van der Waals surface area contributed by atoms with Gasteiger partial charge in [-0.05, 0) is 26.0 Å². The molecule has 0 N–H and O–H groups in total. The van der Waals surface area contributed by atoms with Gasteiger partial charge in [-0.3, -0.25) is 4.79 Å². The SMILES string of the molecule is CC12CC(C#N)C(C)(C=CC1=O)O2. The van der Waals surface area contributed by atoms with Gasteiger partial charge in [0.2, 0.25) is 0 Å². The third-order valence-corrected chi connectivity index (χ3v) is 2.97. The van der Waals surface area contributed by atoms with Gasteiger partial charge in [0.1, 0.15) is 11.2 Å². The summed E-state index contributed by atoms with van der Waals surface area (Å²) in [4.78, 5) is 11.5. The lowest BCUT2D eigenvalue weighted by molar-refractivity contribution is -0.143. The zero-order valence-corrected chi connectivity index (χ0v) is 7.70. The Labute approximate surface area is 77.0 Å². The van der Waals surface area contributed by atoms with E-state index in [-0.39, 0.29) is 11.7 Å². The van der Waals surface area contributed by atoms with Crippen LogP contribution in [0, 0.1) is 17.2 Å². The van der Waals surface area contributed by atoms with Gasteiger partial charge in [-0.1, -0.05) is 0 Å². The van der Waals surface area contributed by atoms with Crippen LogP contribution in [0.1, 0.15) is 20.3 Å². The first-order chi connectivity index (χ1) is 6.00. The van der Waals surface area contributed by atoms with Crippen LogP contribution in [-0.4, -0.2) is 17.0 Å². The van der Waals surface area contributed by atoms with Crippen LogP contribution in [-0.2, 0) is 9.53 Å². The van der Waals surface area contributed by atoms with Crippen LogP contribution < -0.4 is 0 Å². The molecule has 3 nitrogen and oxygen atoms in total. The molecule has 1 fully saturated rings. The predicted octanol–water partition coefficient (Wildman–Crippen LogP) is 1.20. The van der Waals surface area contributed by atoms with Gasteiger partial charge in [-0.25, -0.2) is 0 Å². The number of hydrogen-bond donors (Lipinski definition) is 0. The van der Waals surface area contributed by atoms with Gasteiger partial charge in [0, 0.05) is 6.42 Å². The number of hydrogen-bond acceptors (Lipinski definition) is 3. The zero-order valence-electron chi connectivity index (χ0n) is 7.70. The lowest BCUT2D eigenvalue weighted by Crippen LogP contribution is -2.40. The average Bonchev–Trinajstić information content (AvgIpc) is 2.30. The highest BCUT2D eigenvalue weighted by Crippen LogP contribution is 2.46. The number of nitrogens with zero attached hydrogens (tertiary/aromatic N) is 1. The van der Waals surface area contributed by atoms with Crippen LogP contribution in [0.3, 0.4) is 0 Å². The summed E-state index contributed by atoms with van der Waals surface area (Å²) in [5.74, 6) is -0.233. The Morgan fingerprint density at radius 3 is 2.92 bits per heavy atom. The van der Waals surface area contributed by atoms with Crippen LogP contribution in [0.15, 0.2) is 12.2 Å². The van der Waals surface area contributed by atoms with E-state index in [2.05, 4.69) is 6.07 Å². The molecule has 13 heavy (non-hydrogen) atoms. The van der Waals surface area contributed by atoms with E-state index in [9.17, 15) is 4.79 Å². The summed E-state index contributed by atoms with van der Waals surface area (Å²) in [7, 11) is 0. The predicted molar refractivity (Wildman–Crippen MR) is 45.8 cm³/mol. The highest BCUT2D eigenvalue weighted by Gasteiger charge is 2.55. The van der Waals surface area contributed by atoms with Gasteiger partial charge < -0.3 is 4.74 Å². The number of carbonyl (C=O) groups excluding carboxylic acids is 1. The Bertz CT molecular complexity index is 341. The van der Waals surface area contributed by atoms with E-state index < -0.39 is 11.2 Å². The van der Waals surface area contributed by atoms with Crippen molar-refractivity contribution in [2.45, 2.75) is 31.5 Å². The van der Waals surface area contributed by atoms with Crippen molar-refractivity contribution < 1.29 is 9.53 Å². The molecule has 68 valence electrons. The first-order valence-electron chi connectivity index (χ1n) is 4.34. The molecule has 0 aromatic carbocycles. The maximum Gasteiger partial charge on any atom is 0.187 e. The molecule has 0 saturated carbocycles. The number of ether oxygens (including phenoxy) is 1. The molecule has 1 saturated heterocycles. The summed E-state index contributed by atoms with van der Waals surface area (Å²) < 4.78 is 5.63. The average molecular weight is 177 g/mol. The van der Waals surface area contributed by atoms with E-state index in [0.29, 0.717) is 6.42 Å². The third kappa shape index (κ3) is 0.956. The smallest absolute Gasteiger partial charge is 0.187 e. The van der Waals surface area contributed by atoms with Gasteiger partial charge >= 0.3 is 0 Å². The van der Waals surface area contributed by atoms with Crippen LogP contribution in [0.2, 0.25) is 0 Å². The summed E-state index contributed by atoms with van der Waals surface area (Å²) in [5, 5.41) is 8.90. The quantitative estimate of drug-likeness (QED) is 0.558. The van der Waals surface area contributed by atoms with Gasteiger partial charge in [-0.2, -0.15) is 5.26 Å². The number of rotatable bonds is 0. The lowest BCUT2D eigenvalue weighted by Gasteiger charge is -2.30. The van der Waals surface area contributed by atoms with E-state index in [1.165, 1.54) is 0 Å². The normalized spacial score (nSPS) is 47.8. The van der Waals surface area contributed by atoms with Gasteiger partial charge in [-0.15, -0.1) is 0 Å².